The molecule has 17 heteroatoms. The number of hydrogen-bond donors (Lipinski definition) is 3. The van der Waals surface area contributed by atoms with Crippen molar-refractivity contribution in [3.05, 3.63) is 236 Å². The number of likely N-dealkylation sites (tertiary alicyclic amines) is 1. The van der Waals surface area contributed by atoms with Crippen molar-refractivity contribution in [2.45, 2.75) is 51.0 Å². The Morgan fingerprint density at radius 2 is 1.07 bits per heavy atom. The van der Waals surface area contributed by atoms with Crippen LogP contribution in [0.3, 0.4) is 0 Å². The van der Waals surface area contributed by atoms with E-state index in [4.69, 9.17) is 11.0 Å². The van der Waals surface area contributed by atoms with Crippen LogP contribution < -0.4 is 20.7 Å². The van der Waals surface area contributed by atoms with Gasteiger partial charge in [-0.15, -0.1) is 0 Å². The molecular weight excluding hydrogens is 1200 g/mol. The molecule has 6 aromatic heterocycles. The molecule has 454 valence electrons. The van der Waals surface area contributed by atoms with Gasteiger partial charge >= 0.3 is 189 Å². The molecule has 8 aromatic carbocycles. The Kier molecular flexibility index (Phi) is 17.3. The third-order valence-electron chi connectivity index (χ3n) is 17.1. The number of nitrogens with one attached hydrogen (secondary N) is 2. The summed E-state index contributed by atoms with van der Waals surface area (Å²) in [4.78, 5) is 52.6. The van der Waals surface area contributed by atoms with Crippen LogP contribution in [0, 0.1) is 11.3 Å². The van der Waals surface area contributed by atoms with Gasteiger partial charge in [-0.3, -0.25) is 24.7 Å². The average molecular weight is 1270 g/mol. The molecule has 14 aromatic rings. The molecule has 1 aliphatic heterocycles. The number of nitrogens with two attached hydrogens (primary N) is 1. The van der Waals surface area contributed by atoms with Crippen LogP contribution in [0.2, 0.25) is 4.71 Å². The van der Waals surface area contributed by atoms with Crippen LogP contribution in [0.25, 0.3) is 99.2 Å². The van der Waals surface area contributed by atoms with Crippen molar-refractivity contribution >= 4 is 109 Å². The maximum atomic E-state index is 11.7. The Labute approximate surface area is 539 Å². The van der Waals surface area contributed by atoms with Gasteiger partial charge in [-0.05, 0) is 107 Å². The average Bonchev–Trinajstić information content (AvgIpc) is 1.53. The van der Waals surface area contributed by atoms with Crippen LogP contribution in [-0.4, -0.2) is 89.2 Å². The number of primary amides is 1. The van der Waals surface area contributed by atoms with E-state index in [0.29, 0.717) is 24.2 Å². The second-order valence-corrected chi connectivity index (χ2v) is 26.7. The number of aryl methyl sites for hydroxylation is 3. The first-order chi connectivity index (χ1) is 44.9. The molecule has 0 spiro atoms. The predicted octanol–water partition coefficient (Wildman–Crippen LogP) is 13.5. The van der Waals surface area contributed by atoms with Gasteiger partial charge in [0.05, 0.1) is 33.7 Å². The van der Waals surface area contributed by atoms with Crippen LogP contribution in [0.1, 0.15) is 53.7 Å². The van der Waals surface area contributed by atoms with E-state index < -0.39 is 5.91 Å². The molecule has 0 aliphatic carbocycles. The zero-order valence-electron chi connectivity index (χ0n) is 51.5. The molecular formula is C75H67AsN14O2. The van der Waals surface area contributed by atoms with Crippen molar-refractivity contribution in [3.8, 4) is 39.4 Å². The second kappa shape index (κ2) is 26.6. The first kappa shape index (κ1) is 59.9. The summed E-state index contributed by atoms with van der Waals surface area (Å²) in [5, 5.41) is 19.7. The van der Waals surface area contributed by atoms with Gasteiger partial charge in [0.15, 0.2) is 0 Å². The summed E-state index contributed by atoms with van der Waals surface area (Å²) < 4.78 is 8.65. The van der Waals surface area contributed by atoms with Gasteiger partial charge in [0.2, 0.25) is 5.91 Å². The maximum Gasteiger partial charge on any atom is 0.248 e. The van der Waals surface area contributed by atoms with E-state index in [-0.39, 0.29) is 21.7 Å². The van der Waals surface area contributed by atoms with Crippen LogP contribution >= 0.6 is 0 Å². The van der Waals surface area contributed by atoms with Gasteiger partial charge < -0.3 is 25.5 Å². The van der Waals surface area contributed by atoms with Crippen LogP contribution in [0.5, 0.6) is 0 Å². The molecule has 16 nitrogen and oxygen atoms in total. The third-order valence-corrected chi connectivity index (χ3v) is 20.5. The summed E-state index contributed by atoms with van der Waals surface area (Å²) in [7, 11) is 4.09. The quantitative estimate of drug-likeness (QED) is 0.0927. The Balaban J connectivity index is 0.000000126. The van der Waals surface area contributed by atoms with Crippen LogP contribution in [0.4, 0.5) is 11.4 Å². The van der Waals surface area contributed by atoms with Crippen molar-refractivity contribution in [1.29, 1.82) is 5.26 Å². The molecule has 0 saturated carbocycles. The monoisotopic (exact) mass is 1270 g/mol. The molecule has 1 unspecified atom stereocenters. The molecule has 1 aliphatic rings. The fourth-order valence-electron chi connectivity index (χ4n) is 12.3. The van der Waals surface area contributed by atoms with E-state index in [1.165, 1.54) is 48.2 Å². The number of aromatic nitrogens is 9. The van der Waals surface area contributed by atoms with E-state index in [9.17, 15) is 9.59 Å². The van der Waals surface area contributed by atoms with E-state index in [1.807, 2.05) is 60.5 Å². The predicted molar refractivity (Wildman–Crippen MR) is 372 cm³/mol. The van der Waals surface area contributed by atoms with E-state index in [1.54, 1.807) is 56.2 Å². The maximum absolute atomic E-state index is 11.7. The van der Waals surface area contributed by atoms with Crippen LogP contribution in [-0.2, 0) is 38.5 Å². The number of anilines is 2. The normalized spacial score (nSPS) is 12.5. The number of carbonyl (C=O) groups is 2. The fourth-order valence-corrected chi connectivity index (χ4v) is 15.3. The first-order valence-corrected chi connectivity index (χ1v) is 33.0. The number of fused-ring (bicyclic) bond motifs is 6. The Bertz CT molecular complexity index is 5130. The number of nitriles is 1. The number of piperidine rings is 1. The van der Waals surface area contributed by atoms with Crippen molar-refractivity contribution in [1.82, 2.24) is 48.5 Å². The zero-order chi connectivity index (χ0) is 63.2. The third kappa shape index (κ3) is 13.0. The van der Waals surface area contributed by atoms with Crippen molar-refractivity contribution in [2.24, 2.45) is 19.8 Å². The number of rotatable bonds is 13. The number of carbonyl (C=O) groups excluding carboxylic acids is 2. The van der Waals surface area contributed by atoms with Gasteiger partial charge in [0.1, 0.15) is 0 Å². The standard InChI is InChI=1S/C25H27AsN4O.C25H21N5O.C25H19N5/c1-3-29-11-6-18-4-5-19(14-24(18)29)22-15-21(16-23-25(22)28-10-9-27-23)26-20-7-12-30(13-8-20)17(2)31;1-30-10-7-18-12-17(5-6-23(18)30)21-13-20(14-22-24(21)28-9-8-27-22)29-15-16-3-2-4-19(11-16)25(26)31;1-30-10-7-20-12-19(5-6-24(20)30)22-13-21(14-23-25(22)28-9-8-27-23)29-16-18-4-2-3-17(11-18)15-26/h4-6,9-11,14-16,20,26H,3,7-8,12-13H2,1-2H3;2-14,29H,15H2,1H3,(H2,26,31);2-14,29H,16H2,1H3. The van der Waals surface area contributed by atoms with Gasteiger partial charge in [0, 0.05) is 114 Å². The molecule has 92 heavy (non-hydrogen) atoms. The van der Waals surface area contributed by atoms with Crippen LogP contribution in [0.15, 0.2) is 213 Å². The van der Waals surface area contributed by atoms with Gasteiger partial charge in [-0.25, -0.2) is 0 Å². The minimum atomic E-state index is -0.429. The SMILES string of the molecule is CCn1ccc2ccc(-c3cc([AsH]C4CCN(C(C)=O)CC4)cc4nccnc34)cc21.Cn1ccc2cc(-c3cc(NCc4cccc(C#N)c4)cc4nccnc34)ccc21.Cn1ccc2cc(-c3cc(NCc4cccc(C(N)=O)c4)cc4nccnc34)ccc21. The summed E-state index contributed by atoms with van der Waals surface area (Å²) in [6.07, 6.45) is 18.9. The molecule has 1 atom stereocenters. The molecule has 1 saturated heterocycles. The fraction of sp³-hybridized carbons (Fsp3) is 0.160. The topological polar surface area (TPSA) is 203 Å². The molecule has 0 bridgehead atoms. The van der Waals surface area contributed by atoms with Gasteiger partial charge in [-0.2, -0.15) is 5.26 Å². The molecule has 1 fully saturated rings. The summed E-state index contributed by atoms with van der Waals surface area (Å²) in [5.74, 6) is -0.227. The Morgan fingerprint density at radius 1 is 0.554 bits per heavy atom. The van der Waals surface area contributed by atoms with E-state index in [0.717, 1.165) is 115 Å². The zero-order valence-corrected chi connectivity index (χ0v) is 53.6. The van der Waals surface area contributed by atoms with Gasteiger partial charge in [0.25, 0.3) is 0 Å². The largest absolute Gasteiger partial charge is 0.381 e. The first-order valence-electron chi connectivity index (χ1n) is 30.7. The summed E-state index contributed by atoms with van der Waals surface area (Å²) in [5.41, 5.74) is 26.1. The number of amides is 2. The molecule has 15 rings (SSSR count). The van der Waals surface area contributed by atoms with Gasteiger partial charge in [-0.1, -0.05) is 36.4 Å². The molecule has 4 N–H and O–H groups in total. The molecule has 0 radical (unpaired) electrons. The minimum Gasteiger partial charge on any atom is -0.381 e. The number of hydrogen-bond acceptors (Lipinski definition) is 11. The van der Waals surface area contributed by atoms with Crippen molar-refractivity contribution in [2.75, 3.05) is 23.7 Å². The minimum absolute atomic E-state index is 0.203. The second-order valence-electron chi connectivity index (χ2n) is 23.1. The smallest absolute Gasteiger partial charge is 0.248 e. The summed E-state index contributed by atoms with van der Waals surface area (Å²) >= 11 is -0.324. The van der Waals surface area contributed by atoms with Crippen molar-refractivity contribution in [3.63, 3.8) is 0 Å². The Morgan fingerprint density at radius 3 is 1.62 bits per heavy atom. The number of benzene rings is 8. The summed E-state index contributed by atoms with van der Waals surface area (Å²) in [6, 6.07) is 56.0. The number of nitrogens with zero attached hydrogens (tertiary/aromatic N) is 11. The van der Waals surface area contributed by atoms with Crippen molar-refractivity contribution < 1.29 is 9.59 Å². The molecule has 7 heterocycles. The summed E-state index contributed by atoms with van der Waals surface area (Å²) in [6.45, 7) is 7.79. The van der Waals surface area contributed by atoms with E-state index >= 15 is 0 Å². The van der Waals surface area contributed by atoms with E-state index in [2.05, 4.69) is 190 Å². The molecule has 2 amide bonds. The Hall–Kier alpha value is -11.0.